The Balaban J connectivity index is 4.23. The average Bonchev–Trinajstić information content (AvgIpc) is 2.43. The van der Waals surface area contributed by atoms with Crippen LogP contribution in [-0.2, 0) is 9.53 Å². The molecule has 0 aromatic rings. The summed E-state index contributed by atoms with van der Waals surface area (Å²) in [6.45, 7) is 14.5. The molecule has 0 fully saturated rings. The monoisotopic (exact) mass is 357 g/mol. The molecule has 0 aromatic carbocycles. The summed E-state index contributed by atoms with van der Waals surface area (Å²) in [6.07, 6.45) is -0.460. The Morgan fingerprint density at radius 3 is 2.04 bits per heavy atom. The number of carbonyl (C=O) groups excluding carboxylic acids is 2. The molecule has 25 heavy (non-hydrogen) atoms. The SMILES string of the molecule is CN=C(NCCNC(=O)C(C)C)NCC(C)(C)NC(=O)OC(C)(C)C. The molecule has 8 nitrogen and oxygen atoms in total. The molecule has 0 heterocycles. The van der Waals surface area contributed by atoms with E-state index in [1.54, 1.807) is 7.05 Å². The summed E-state index contributed by atoms with van der Waals surface area (Å²) < 4.78 is 5.26. The molecule has 0 aliphatic carbocycles. The van der Waals surface area contributed by atoms with E-state index < -0.39 is 17.2 Å². The Hall–Kier alpha value is -1.99. The third-order valence-electron chi connectivity index (χ3n) is 3.00. The first-order valence-corrected chi connectivity index (χ1v) is 8.59. The van der Waals surface area contributed by atoms with E-state index in [-0.39, 0.29) is 11.8 Å². The maximum atomic E-state index is 11.9. The van der Waals surface area contributed by atoms with Gasteiger partial charge in [0.15, 0.2) is 5.96 Å². The van der Waals surface area contributed by atoms with E-state index in [0.29, 0.717) is 25.6 Å². The Morgan fingerprint density at radius 2 is 1.56 bits per heavy atom. The van der Waals surface area contributed by atoms with Gasteiger partial charge in [-0.2, -0.15) is 0 Å². The number of hydrogen-bond acceptors (Lipinski definition) is 4. The standard InChI is InChI=1S/C17H35N5O3/c1-12(2)13(23)19-9-10-20-14(18-8)21-11-17(6,7)22-15(24)25-16(3,4)5/h12H,9-11H2,1-8H3,(H,19,23)(H,22,24)(H2,18,20,21). The van der Waals surface area contributed by atoms with Crippen molar-refractivity contribution < 1.29 is 14.3 Å². The summed E-state index contributed by atoms with van der Waals surface area (Å²) in [4.78, 5) is 27.5. The minimum Gasteiger partial charge on any atom is -0.444 e. The van der Waals surface area contributed by atoms with Gasteiger partial charge in [0.05, 0.1) is 5.54 Å². The first-order chi connectivity index (χ1) is 11.4. The van der Waals surface area contributed by atoms with Gasteiger partial charge in [-0.05, 0) is 34.6 Å². The second-order valence-electron chi connectivity index (χ2n) is 7.81. The van der Waals surface area contributed by atoms with Crippen molar-refractivity contribution in [2.45, 2.75) is 59.6 Å². The van der Waals surface area contributed by atoms with Crippen LogP contribution in [0.5, 0.6) is 0 Å². The highest BCUT2D eigenvalue weighted by atomic mass is 16.6. The predicted molar refractivity (Wildman–Crippen MR) is 101 cm³/mol. The predicted octanol–water partition coefficient (Wildman–Crippen LogP) is 1.23. The molecule has 4 N–H and O–H groups in total. The number of ether oxygens (including phenoxy) is 1. The number of guanidine groups is 1. The van der Waals surface area contributed by atoms with Crippen LogP contribution in [0.2, 0.25) is 0 Å². The summed E-state index contributed by atoms with van der Waals surface area (Å²) in [6, 6.07) is 0. The summed E-state index contributed by atoms with van der Waals surface area (Å²) in [5.74, 6) is 0.586. The molecule has 0 rings (SSSR count). The van der Waals surface area contributed by atoms with Crippen LogP contribution in [0.15, 0.2) is 4.99 Å². The number of nitrogens with one attached hydrogen (secondary N) is 4. The molecule has 0 saturated carbocycles. The fraction of sp³-hybridized carbons (Fsp3) is 0.824. The Bertz CT molecular complexity index is 467. The van der Waals surface area contributed by atoms with Gasteiger partial charge in [-0.25, -0.2) is 4.79 Å². The van der Waals surface area contributed by atoms with Gasteiger partial charge in [-0.3, -0.25) is 9.79 Å². The van der Waals surface area contributed by atoms with E-state index in [4.69, 9.17) is 4.74 Å². The first-order valence-electron chi connectivity index (χ1n) is 8.59. The molecule has 0 bridgehead atoms. The lowest BCUT2D eigenvalue weighted by atomic mass is 10.1. The van der Waals surface area contributed by atoms with Crippen LogP contribution in [0.25, 0.3) is 0 Å². The van der Waals surface area contributed by atoms with Crippen molar-refractivity contribution in [2.75, 3.05) is 26.7 Å². The van der Waals surface area contributed by atoms with Crippen LogP contribution in [0.1, 0.15) is 48.5 Å². The molecule has 0 radical (unpaired) electrons. The van der Waals surface area contributed by atoms with E-state index in [1.807, 2.05) is 48.5 Å². The van der Waals surface area contributed by atoms with Crippen molar-refractivity contribution in [3.05, 3.63) is 0 Å². The average molecular weight is 357 g/mol. The molecular formula is C17H35N5O3. The number of hydrogen-bond donors (Lipinski definition) is 4. The van der Waals surface area contributed by atoms with Crippen LogP contribution < -0.4 is 21.3 Å². The third-order valence-corrected chi connectivity index (χ3v) is 3.00. The number of rotatable bonds is 7. The quantitative estimate of drug-likeness (QED) is 0.312. The van der Waals surface area contributed by atoms with Gasteiger partial charge >= 0.3 is 6.09 Å². The number of amides is 2. The molecule has 0 saturated heterocycles. The normalized spacial score (nSPS) is 12.6. The van der Waals surface area contributed by atoms with Gasteiger partial charge in [0.2, 0.25) is 5.91 Å². The summed E-state index contributed by atoms with van der Waals surface area (Å²) in [5.41, 5.74) is -1.06. The number of aliphatic imine (C=N–C) groups is 1. The maximum Gasteiger partial charge on any atom is 0.408 e. The number of carbonyl (C=O) groups is 2. The Kier molecular flexibility index (Phi) is 9.30. The molecule has 146 valence electrons. The Labute approximate surface area is 151 Å². The van der Waals surface area contributed by atoms with Crippen molar-refractivity contribution in [3.63, 3.8) is 0 Å². The molecule has 0 unspecified atom stereocenters. The summed E-state index contributed by atoms with van der Waals surface area (Å²) in [5, 5.41) is 11.9. The zero-order valence-corrected chi connectivity index (χ0v) is 16.9. The van der Waals surface area contributed by atoms with Crippen molar-refractivity contribution in [3.8, 4) is 0 Å². The van der Waals surface area contributed by atoms with Gasteiger partial charge in [0.25, 0.3) is 0 Å². The van der Waals surface area contributed by atoms with Crippen LogP contribution in [0.3, 0.4) is 0 Å². The highest BCUT2D eigenvalue weighted by Crippen LogP contribution is 2.09. The minimum absolute atomic E-state index is 0.0208. The minimum atomic E-state index is -0.536. The zero-order valence-electron chi connectivity index (χ0n) is 16.9. The van der Waals surface area contributed by atoms with E-state index in [9.17, 15) is 9.59 Å². The fourth-order valence-corrected chi connectivity index (χ4v) is 1.72. The van der Waals surface area contributed by atoms with Crippen LogP contribution >= 0.6 is 0 Å². The van der Waals surface area contributed by atoms with Gasteiger partial charge in [0.1, 0.15) is 5.60 Å². The van der Waals surface area contributed by atoms with Crippen LogP contribution in [0, 0.1) is 5.92 Å². The second-order valence-corrected chi connectivity index (χ2v) is 7.81. The highest BCUT2D eigenvalue weighted by molar-refractivity contribution is 5.80. The Morgan fingerprint density at radius 1 is 1.00 bits per heavy atom. The first kappa shape index (κ1) is 23.0. The van der Waals surface area contributed by atoms with Crippen molar-refractivity contribution in [2.24, 2.45) is 10.9 Å². The molecule has 0 aromatic heterocycles. The van der Waals surface area contributed by atoms with E-state index in [0.717, 1.165) is 0 Å². The third kappa shape index (κ3) is 12.1. The summed E-state index contributed by atoms with van der Waals surface area (Å²) in [7, 11) is 1.66. The molecular weight excluding hydrogens is 322 g/mol. The van der Waals surface area contributed by atoms with Gasteiger partial charge in [-0.1, -0.05) is 13.8 Å². The topological polar surface area (TPSA) is 104 Å². The highest BCUT2D eigenvalue weighted by Gasteiger charge is 2.24. The van der Waals surface area contributed by atoms with Gasteiger partial charge in [-0.15, -0.1) is 0 Å². The largest absolute Gasteiger partial charge is 0.444 e. The molecule has 8 heteroatoms. The molecule has 0 spiro atoms. The van der Waals surface area contributed by atoms with E-state index >= 15 is 0 Å². The molecule has 0 atom stereocenters. The van der Waals surface area contributed by atoms with E-state index in [1.165, 1.54) is 0 Å². The van der Waals surface area contributed by atoms with Crippen molar-refractivity contribution in [1.82, 2.24) is 21.3 Å². The van der Waals surface area contributed by atoms with Crippen LogP contribution in [-0.4, -0.2) is 55.8 Å². The zero-order chi connectivity index (χ0) is 19.7. The van der Waals surface area contributed by atoms with Gasteiger partial charge < -0.3 is 26.0 Å². The van der Waals surface area contributed by atoms with Crippen LogP contribution in [0.4, 0.5) is 4.79 Å². The number of nitrogens with zero attached hydrogens (tertiary/aromatic N) is 1. The lowest BCUT2D eigenvalue weighted by Gasteiger charge is -2.29. The second kappa shape index (κ2) is 10.1. The van der Waals surface area contributed by atoms with Crippen molar-refractivity contribution >= 4 is 18.0 Å². The molecule has 2 amide bonds. The molecule has 0 aliphatic rings. The molecule has 0 aliphatic heterocycles. The van der Waals surface area contributed by atoms with Gasteiger partial charge in [0, 0.05) is 32.6 Å². The fourth-order valence-electron chi connectivity index (χ4n) is 1.72. The van der Waals surface area contributed by atoms with Crippen molar-refractivity contribution in [1.29, 1.82) is 0 Å². The smallest absolute Gasteiger partial charge is 0.408 e. The van der Waals surface area contributed by atoms with E-state index in [2.05, 4.69) is 26.3 Å². The lowest BCUT2D eigenvalue weighted by molar-refractivity contribution is -0.123. The lowest BCUT2D eigenvalue weighted by Crippen LogP contribution is -2.54. The summed E-state index contributed by atoms with van der Waals surface area (Å²) >= 11 is 0. The number of alkyl carbamates (subject to hydrolysis) is 1. The maximum absolute atomic E-state index is 11.9.